The quantitative estimate of drug-likeness (QED) is 0.479. The minimum atomic E-state index is -0.435. The number of rotatable bonds is 4. The topological polar surface area (TPSA) is 99.3 Å². The van der Waals surface area contributed by atoms with E-state index >= 15 is 0 Å². The molecule has 27 heavy (non-hydrogen) atoms. The Morgan fingerprint density at radius 2 is 1.63 bits per heavy atom. The van der Waals surface area contributed by atoms with E-state index in [0.29, 0.717) is 23.2 Å². The lowest BCUT2D eigenvalue weighted by Gasteiger charge is -2.11. The predicted octanol–water partition coefficient (Wildman–Crippen LogP) is 2.29. The summed E-state index contributed by atoms with van der Waals surface area (Å²) in [5.41, 5.74) is 7.28. The minimum Gasteiger partial charge on any atom is -0.326 e. The second-order valence-electron chi connectivity index (χ2n) is 5.71. The van der Waals surface area contributed by atoms with Crippen LogP contribution in [-0.2, 0) is 4.79 Å². The average molecular weight is 384 g/mol. The number of aryl methyl sites for hydroxylation is 1. The fourth-order valence-corrected chi connectivity index (χ4v) is 2.28. The third kappa shape index (κ3) is 6.19. The molecule has 0 radical (unpaired) electrons. The van der Waals surface area contributed by atoms with E-state index in [2.05, 4.69) is 21.5 Å². The Balaban J connectivity index is 1.84. The molecule has 2 aromatic rings. The highest BCUT2D eigenvalue weighted by atomic mass is 32.1. The van der Waals surface area contributed by atoms with Crippen molar-refractivity contribution in [3.05, 3.63) is 65.2 Å². The van der Waals surface area contributed by atoms with Gasteiger partial charge in [-0.2, -0.15) is 0 Å². The van der Waals surface area contributed by atoms with E-state index in [0.717, 1.165) is 5.56 Å². The summed E-state index contributed by atoms with van der Waals surface area (Å²) in [5.74, 6) is -0.916. The predicted molar refractivity (Wildman–Crippen MR) is 107 cm³/mol. The molecule has 140 valence electrons. The zero-order valence-electron chi connectivity index (χ0n) is 15.0. The number of nitrogens with one attached hydrogen (secondary N) is 4. The van der Waals surface area contributed by atoms with Gasteiger partial charge in [-0.25, -0.2) is 0 Å². The Morgan fingerprint density at radius 1 is 0.926 bits per heavy atom. The molecule has 0 aliphatic rings. The molecular formula is C19H20N4O3S. The van der Waals surface area contributed by atoms with Crippen LogP contribution in [0.1, 0.15) is 39.6 Å². The van der Waals surface area contributed by atoms with Crippen LogP contribution in [0.2, 0.25) is 0 Å². The molecule has 0 atom stereocenters. The maximum atomic E-state index is 12.1. The van der Waals surface area contributed by atoms with Gasteiger partial charge in [0.2, 0.25) is 5.91 Å². The van der Waals surface area contributed by atoms with Gasteiger partial charge in [0.15, 0.2) is 5.11 Å². The van der Waals surface area contributed by atoms with Crippen LogP contribution >= 0.6 is 12.2 Å². The normalized spacial score (nSPS) is 9.85. The van der Waals surface area contributed by atoms with Crippen LogP contribution in [-0.4, -0.2) is 22.8 Å². The van der Waals surface area contributed by atoms with Crippen molar-refractivity contribution in [3.8, 4) is 0 Å². The van der Waals surface area contributed by atoms with Gasteiger partial charge in [-0.15, -0.1) is 0 Å². The monoisotopic (exact) mass is 384 g/mol. The van der Waals surface area contributed by atoms with E-state index in [4.69, 9.17) is 12.2 Å². The standard InChI is InChI=1S/C19H20N4O3S/c1-3-16(24)20-15-9-7-13(8-10-15)18(26)22-23-19(27)21-17(25)14-6-4-5-12(2)11-14/h4-11H,3H2,1-2H3,(H,20,24)(H,22,26)(H2,21,23,25,27). The molecule has 0 aliphatic carbocycles. The Morgan fingerprint density at radius 3 is 2.26 bits per heavy atom. The van der Waals surface area contributed by atoms with Crippen molar-refractivity contribution in [3.63, 3.8) is 0 Å². The second kappa shape index (κ2) is 9.44. The maximum absolute atomic E-state index is 12.1. The van der Waals surface area contributed by atoms with Gasteiger partial charge < -0.3 is 5.32 Å². The Kier molecular flexibility index (Phi) is 7.01. The van der Waals surface area contributed by atoms with Gasteiger partial charge in [-0.1, -0.05) is 24.6 Å². The number of amides is 3. The maximum Gasteiger partial charge on any atom is 0.269 e. The molecule has 0 saturated heterocycles. The fraction of sp³-hybridized carbons (Fsp3) is 0.158. The molecule has 0 saturated carbocycles. The van der Waals surface area contributed by atoms with Crippen molar-refractivity contribution in [2.24, 2.45) is 0 Å². The van der Waals surface area contributed by atoms with E-state index in [1.807, 2.05) is 13.0 Å². The van der Waals surface area contributed by atoms with Gasteiger partial charge in [0, 0.05) is 23.2 Å². The third-order valence-electron chi connectivity index (χ3n) is 3.55. The Hall–Kier alpha value is -3.26. The van der Waals surface area contributed by atoms with Crippen LogP contribution < -0.4 is 21.5 Å². The number of carbonyl (C=O) groups is 3. The van der Waals surface area contributed by atoms with E-state index < -0.39 is 5.91 Å². The van der Waals surface area contributed by atoms with Crippen LogP contribution in [0.4, 0.5) is 5.69 Å². The van der Waals surface area contributed by atoms with Gasteiger partial charge in [0.05, 0.1) is 0 Å². The molecule has 2 rings (SSSR count). The van der Waals surface area contributed by atoms with Crippen LogP contribution in [0.25, 0.3) is 0 Å². The van der Waals surface area contributed by atoms with E-state index in [1.54, 1.807) is 49.4 Å². The summed E-state index contributed by atoms with van der Waals surface area (Å²) in [4.78, 5) is 35.5. The molecule has 0 unspecified atom stereocenters. The number of carbonyl (C=O) groups excluding carboxylic acids is 3. The van der Waals surface area contributed by atoms with E-state index in [9.17, 15) is 14.4 Å². The number of thiocarbonyl (C=S) groups is 1. The summed E-state index contributed by atoms with van der Waals surface area (Å²) in [6.45, 7) is 3.63. The largest absolute Gasteiger partial charge is 0.326 e. The van der Waals surface area contributed by atoms with E-state index in [1.165, 1.54) is 0 Å². The summed E-state index contributed by atoms with van der Waals surface area (Å²) in [6.07, 6.45) is 0.373. The van der Waals surface area contributed by atoms with Crippen molar-refractivity contribution >= 4 is 40.7 Å². The van der Waals surface area contributed by atoms with Crippen LogP contribution in [0.5, 0.6) is 0 Å². The fourth-order valence-electron chi connectivity index (χ4n) is 2.13. The molecule has 0 bridgehead atoms. The molecule has 0 aromatic heterocycles. The molecule has 0 fully saturated rings. The van der Waals surface area contributed by atoms with Crippen molar-refractivity contribution in [2.45, 2.75) is 20.3 Å². The highest BCUT2D eigenvalue weighted by Gasteiger charge is 2.10. The molecule has 7 nitrogen and oxygen atoms in total. The average Bonchev–Trinajstić information content (AvgIpc) is 2.66. The summed E-state index contributed by atoms with van der Waals surface area (Å²) in [5, 5.41) is 5.15. The van der Waals surface area contributed by atoms with Gasteiger partial charge in [-0.3, -0.25) is 30.6 Å². The van der Waals surface area contributed by atoms with Crippen LogP contribution in [0, 0.1) is 6.92 Å². The smallest absolute Gasteiger partial charge is 0.269 e. The first kappa shape index (κ1) is 20.1. The Labute approximate surface area is 162 Å². The summed E-state index contributed by atoms with van der Waals surface area (Å²) < 4.78 is 0. The molecule has 0 spiro atoms. The first-order valence-corrected chi connectivity index (χ1v) is 8.68. The molecule has 0 aliphatic heterocycles. The second-order valence-corrected chi connectivity index (χ2v) is 6.12. The van der Waals surface area contributed by atoms with Crippen molar-refractivity contribution in [1.29, 1.82) is 0 Å². The molecule has 0 heterocycles. The van der Waals surface area contributed by atoms with Crippen molar-refractivity contribution in [2.75, 3.05) is 5.32 Å². The lowest BCUT2D eigenvalue weighted by Crippen LogP contribution is -2.48. The van der Waals surface area contributed by atoms with Gasteiger partial charge in [-0.05, 0) is 55.5 Å². The van der Waals surface area contributed by atoms with Gasteiger partial charge >= 0.3 is 0 Å². The first-order valence-electron chi connectivity index (χ1n) is 8.27. The summed E-state index contributed by atoms with van der Waals surface area (Å²) in [7, 11) is 0. The lowest BCUT2D eigenvalue weighted by molar-refractivity contribution is -0.115. The zero-order chi connectivity index (χ0) is 19.8. The summed E-state index contributed by atoms with van der Waals surface area (Å²) in [6, 6.07) is 13.4. The van der Waals surface area contributed by atoms with Crippen molar-refractivity contribution < 1.29 is 14.4 Å². The van der Waals surface area contributed by atoms with Crippen LogP contribution in [0.3, 0.4) is 0 Å². The van der Waals surface area contributed by atoms with Gasteiger partial charge in [0.1, 0.15) is 0 Å². The zero-order valence-corrected chi connectivity index (χ0v) is 15.8. The Bertz CT molecular complexity index is 866. The number of anilines is 1. The number of benzene rings is 2. The first-order chi connectivity index (χ1) is 12.9. The molecule has 8 heteroatoms. The highest BCUT2D eigenvalue weighted by molar-refractivity contribution is 7.80. The molecular weight excluding hydrogens is 364 g/mol. The summed E-state index contributed by atoms with van der Waals surface area (Å²) >= 11 is 5.01. The number of hydrazine groups is 1. The molecule has 3 amide bonds. The van der Waals surface area contributed by atoms with Gasteiger partial charge in [0.25, 0.3) is 11.8 Å². The molecule has 4 N–H and O–H groups in total. The SMILES string of the molecule is CCC(=O)Nc1ccc(C(=O)NNC(=S)NC(=O)c2cccc(C)c2)cc1. The van der Waals surface area contributed by atoms with Crippen molar-refractivity contribution in [1.82, 2.24) is 16.2 Å². The highest BCUT2D eigenvalue weighted by Crippen LogP contribution is 2.09. The number of hydrogen-bond donors (Lipinski definition) is 4. The van der Waals surface area contributed by atoms with E-state index in [-0.39, 0.29) is 16.9 Å². The molecule has 2 aromatic carbocycles. The van der Waals surface area contributed by atoms with Crippen LogP contribution in [0.15, 0.2) is 48.5 Å². The number of hydrogen-bond acceptors (Lipinski definition) is 4. The minimum absolute atomic E-state index is 0.0262. The lowest BCUT2D eigenvalue weighted by atomic mass is 10.1. The third-order valence-corrected chi connectivity index (χ3v) is 3.75.